The molecule has 0 aromatic rings. The molecular formula is C7H15NO3. The fourth-order valence-electron chi connectivity index (χ4n) is 1.22. The first kappa shape index (κ1) is 8.93. The van der Waals surface area contributed by atoms with Crippen LogP contribution in [0.4, 0.5) is 0 Å². The fourth-order valence-corrected chi connectivity index (χ4v) is 1.22. The van der Waals surface area contributed by atoms with Crippen molar-refractivity contribution in [3.8, 4) is 0 Å². The molecule has 0 bridgehead atoms. The lowest BCUT2D eigenvalue weighted by Crippen LogP contribution is -2.56. The van der Waals surface area contributed by atoms with Gasteiger partial charge in [0, 0.05) is 0 Å². The van der Waals surface area contributed by atoms with Gasteiger partial charge in [0.05, 0.1) is 24.9 Å². The van der Waals surface area contributed by atoms with Crippen LogP contribution >= 0.6 is 0 Å². The number of hydrogen-bond acceptors (Lipinski definition) is 4. The van der Waals surface area contributed by atoms with Crippen LogP contribution in [-0.4, -0.2) is 48.2 Å². The minimum atomic E-state index is -0.777. The monoisotopic (exact) mass is 161 g/mol. The van der Waals surface area contributed by atoms with Gasteiger partial charge in [0.1, 0.15) is 6.10 Å². The van der Waals surface area contributed by atoms with E-state index in [2.05, 4.69) is 5.32 Å². The molecule has 3 N–H and O–H groups in total. The first-order valence-corrected chi connectivity index (χ1v) is 3.82. The van der Waals surface area contributed by atoms with Gasteiger partial charge in [-0.15, -0.1) is 0 Å². The van der Waals surface area contributed by atoms with Crippen molar-refractivity contribution >= 4 is 0 Å². The second-order valence-electron chi connectivity index (χ2n) is 2.91. The summed E-state index contributed by atoms with van der Waals surface area (Å²) >= 11 is 0. The zero-order valence-electron chi connectivity index (χ0n) is 6.82. The van der Waals surface area contributed by atoms with Gasteiger partial charge in [0.25, 0.3) is 0 Å². The summed E-state index contributed by atoms with van der Waals surface area (Å²) in [6.07, 6.45) is -1.76. The third kappa shape index (κ3) is 1.70. The molecule has 1 heterocycles. The number of likely N-dealkylation sites (N-methyl/N-ethyl adjacent to an activating group) is 1. The summed E-state index contributed by atoms with van der Waals surface area (Å²) in [6.45, 7) is 2.20. The van der Waals surface area contributed by atoms with Crippen molar-refractivity contribution in [1.82, 2.24) is 5.32 Å². The summed E-state index contributed by atoms with van der Waals surface area (Å²) in [5.74, 6) is 0. The van der Waals surface area contributed by atoms with Crippen LogP contribution in [0.15, 0.2) is 0 Å². The van der Waals surface area contributed by atoms with E-state index in [-0.39, 0.29) is 12.1 Å². The minimum Gasteiger partial charge on any atom is -0.389 e. The average Bonchev–Trinajstić information content (AvgIpc) is 2.01. The van der Waals surface area contributed by atoms with Crippen LogP contribution in [0, 0.1) is 0 Å². The summed E-state index contributed by atoms with van der Waals surface area (Å²) in [4.78, 5) is 0. The highest BCUT2D eigenvalue weighted by Crippen LogP contribution is 2.14. The summed E-state index contributed by atoms with van der Waals surface area (Å²) in [5.41, 5.74) is 0. The van der Waals surface area contributed by atoms with Gasteiger partial charge >= 0.3 is 0 Å². The second-order valence-corrected chi connectivity index (χ2v) is 2.91. The first-order valence-electron chi connectivity index (χ1n) is 3.82. The normalized spacial score (nSPS) is 45.8. The third-order valence-corrected chi connectivity index (χ3v) is 2.15. The Balaban J connectivity index is 2.52. The molecule has 66 valence electrons. The van der Waals surface area contributed by atoms with E-state index in [1.54, 1.807) is 14.0 Å². The van der Waals surface area contributed by atoms with Crippen molar-refractivity contribution in [2.45, 2.75) is 31.3 Å². The van der Waals surface area contributed by atoms with Crippen molar-refractivity contribution in [3.63, 3.8) is 0 Å². The molecule has 0 unspecified atom stereocenters. The van der Waals surface area contributed by atoms with Gasteiger partial charge in [-0.25, -0.2) is 0 Å². The number of aliphatic hydroxyl groups is 2. The molecule has 0 saturated carbocycles. The Kier molecular flexibility index (Phi) is 2.84. The number of nitrogens with one attached hydrogen (secondary N) is 1. The first-order chi connectivity index (χ1) is 5.16. The molecule has 0 amide bonds. The topological polar surface area (TPSA) is 61.7 Å². The molecule has 0 aromatic heterocycles. The molecule has 1 rings (SSSR count). The van der Waals surface area contributed by atoms with Crippen molar-refractivity contribution in [1.29, 1.82) is 0 Å². The number of aliphatic hydroxyl groups excluding tert-OH is 2. The largest absolute Gasteiger partial charge is 0.389 e. The third-order valence-electron chi connectivity index (χ3n) is 2.15. The minimum absolute atomic E-state index is 0.152. The Hall–Kier alpha value is -0.160. The lowest BCUT2D eigenvalue weighted by Gasteiger charge is -2.35. The molecule has 1 aliphatic rings. The number of hydrogen-bond donors (Lipinski definition) is 3. The van der Waals surface area contributed by atoms with Crippen LogP contribution in [0.1, 0.15) is 6.92 Å². The van der Waals surface area contributed by atoms with Crippen LogP contribution in [0.2, 0.25) is 0 Å². The van der Waals surface area contributed by atoms with Crippen LogP contribution in [0.3, 0.4) is 0 Å². The molecule has 4 atom stereocenters. The van der Waals surface area contributed by atoms with Crippen LogP contribution in [0.5, 0.6) is 0 Å². The molecule has 0 spiro atoms. The molecule has 1 fully saturated rings. The van der Waals surface area contributed by atoms with Gasteiger partial charge in [-0.3, -0.25) is 0 Å². The number of ether oxygens (including phenoxy) is 1. The van der Waals surface area contributed by atoms with Gasteiger partial charge in [0.15, 0.2) is 0 Å². The Morgan fingerprint density at radius 2 is 2.00 bits per heavy atom. The maximum absolute atomic E-state index is 9.42. The predicted molar refractivity (Wildman–Crippen MR) is 40.3 cm³/mol. The van der Waals surface area contributed by atoms with E-state index >= 15 is 0 Å². The predicted octanol–water partition coefficient (Wildman–Crippen LogP) is -1.29. The Labute approximate surface area is 66.2 Å². The van der Waals surface area contributed by atoms with E-state index < -0.39 is 12.2 Å². The summed E-state index contributed by atoms with van der Waals surface area (Å²) < 4.78 is 5.19. The van der Waals surface area contributed by atoms with Gasteiger partial charge in [0.2, 0.25) is 0 Å². The lowest BCUT2D eigenvalue weighted by molar-refractivity contribution is -0.142. The Morgan fingerprint density at radius 1 is 1.36 bits per heavy atom. The van der Waals surface area contributed by atoms with Crippen molar-refractivity contribution in [3.05, 3.63) is 0 Å². The molecule has 0 radical (unpaired) electrons. The SMILES string of the molecule is CN[C@H]1CO[C@H](C)[C@H](O)[C@@H]1O. The molecule has 0 aromatic carbocycles. The molecule has 1 saturated heterocycles. The summed E-state index contributed by atoms with van der Waals surface area (Å²) in [6, 6.07) is -0.152. The molecular weight excluding hydrogens is 146 g/mol. The van der Waals surface area contributed by atoms with E-state index in [0.717, 1.165) is 0 Å². The van der Waals surface area contributed by atoms with Crippen LogP contribution in [0.25, 0.3) is 0 Å². The average molecular weight is 161 g/mol. The molecule has 4 heteroatoms. The Bertz CT molecular complexity index is 129. The van der Waals surface area contributed by atoms with Crippen molar-refractivity contribution in [2.75, 3.05) is 13.7 Å². The van der Waals surface area contributed by atoms with E-state index in [0.29, 0.717) is 6.61 Å². The van der Waals surface area contributed by atoms with E-state index in [1.165, 1.54) is 0 Å². The highest BCUT2D eigenvalue weighted by molar-refractivity contribution is 4.87. The molecule has 0 aliphatic carbocycles. The smallest absolute Gasteiger partial charge is 0.107 e. The summed E-state index contributed by atoms with van der Waals surface area (Å²) in [7, 11) is 1.74. The standard InChI is InChI=1S/C7H15NO3/c1-4-6(9)7(10)5(8-2)3-11-4/h4-10H,3H2,1-2H3/t4-,5+,6+,7-/m1/s1. The van der Waals surface area contributed by atoms with Crippen molar-refractivity contribution < 1.29 is 14.9 Å². The lowest BCUT2D eigenvalue weighted by atomic mass is 9.99. The van der Waals surface area contributed by atoms with Crippen LogP contribution in [-0.2, 0) is 4.74 Å². The zero-order chi connectivity index (χ0) is 8.43. The summed E-state index contributed by atoms with van der Waals surface area (Å²) in [5, 5.41) is 21.6. The van der Waals surface area contributed by atoms with E-state index in [1.807, 2.05) is 0 Å². The second kappa shape index (κ2) is 3.49. The quantitative estimate of drug-likeness (QED) is 0.448. The number of rotatable bonds is 1. The van der Waals surface area contributed by atoms with Gasteiger partial charge in [-0.1, -0.05) is 0 Å². The molecule has 1 aliphatic heterocycles. The highest BCUT2D eigenvalue weighted by Gasteiger charge is 2.34. The molecule has 4 nitrogen and oxygen atoms in total. The molecule has 11 heavy (non-hydrogen) atoms. The highest BCUT2D eigenvalue weighted by atomic mass is 16.5. The maximum Gasteiger partial charge on any atom is 0.107 e. The fraction of sp³-hybridized carbons (Fsp3) is 1.00. The van der Waals surface area contributed by atoms with Gasteiger partial charge < -0.3 is 20.3 Å². The zero-order valence-corrected chi connectivity index (χ0v) is 6.82. The maximum atomic E-state index is 9.42. The van der Waals surface area contributed by atoms with Gasteiger partial charge in [-0.2, -0.15) is 0 Å². The van der Waals surface area contributed by atoms with E-state index in [4.69, 9.17) is 4.74 Å². The van der Waals surface area contributed by atoms with Crippen molar-refractivity contribution in [2.24, 2.45) is 0 Å². The Morgan fingerprint density at radius 3 is 2.55 bits per heavy atom. The van der Waals surface area contributed by atoms with Crippen LogP contribution < -0.4 is 5.32 Å². The van der Waals surface area contributed by atoms with Gasteiger partial charge in [-0.05, 0) is 14.0 Å². The van der Waals surface area contributed by atoms with E-state index in [9.17, 15) is 10.2 Å².